The van der Waals surface area contributed by atoms with Gasteiger partial charge in [-0.2, -0.15) is 0 Å². The number of ether oxygens (including phenoxy) is 2. The van der Waals surface area contributed by atoms with Crippen LogP contribution >= 0.6 is 11.6 Å². The van der Waals surface area contributed by atoms with E-state index in [1.807, 2.05) is 0 Å². The van der Waals surface area contributed by atoms with Crippen molar-refractivity contribution in [2.45, 2.75) is 13.8 Å². The van der Waals surface area contributed by atoms with Crippen molar-refractivity contribution < 1.29 is 23.9 Å². The van der Waals surface area contributed by atoms with Crippen LogP contribution in [0, 0.1) is 0 Å². The topological polar surface area (TPSA) is 86.6 Å². The quantitative estimate of drug-likeness (QED) is 0.869. The molecule has 0 unspecified atom stereocenters. The third-order valence-corrected chi connectivity index (χ3v) is 3.30. The number of aromatic nitrogens is 1. The van der Waals surface area contributed by atoms with Crippen molar-refractivity contribution >= 4 is 46.2 Å². The van der Waals surface area contributed by atoms with E-state index >= 15 is 0 Å². The second kappa shape index (κ2) is 6.70. The largest absolute Gasteiger partial charge is 0.464 e. The Morgan fingerprint density at radius 3 is 2.57 bits per heavy atom. The predicted molar refractivity (Wildman–Crippen MR) is 85.0 cm³/mol. The molecule has 122 valence electrons. The second-order valence-electron chi connectivity index (χ2n) is 4.59. The molecule has 0 aliphatic heterocycles. The zero-order chi connectivity index (χ0) is 17.1. The maximum Gasteiger partial charge on any atom is 0.419 e. The number of nitrogens with zero attached hydrogens (tertiary/aromatic N) is 1. The average molecular weight is 339 g/mol. The summed E-state index contributed by atoms with van der Waals surface area (Å²) >= 11 is 5.98. The highest BCUT2D eigenvalue weighted by Gasteiger charge is 2.28. The summed E-state index contributed by atoms with van der Waals surface area (Å²) in [5, 5.41) is 3.39. The number of fused-ring (bicyclic) bond motifs is 1. The Hall–Kier alpha value is -2.54. The smallest absolute Gasteiger partial charge is 0.419 e. The second-order valence-corrected chi connectivity index (χ2v) is 5.03. The van der Waals surface area contributed by atoms with E-state index in [4.69, 9.17) is 21.1 Å². The van der Waals surface area contributed by atoms with Crippen molar-refractivity contribution in [2.75, 3.05) is 19.0 Å². The number of nitrogens with one attached hydrogen (secondary N) is 1. The molecule has 0 fully saturated rings. The number of methoxy groups -OCH3 is 1. The summed E-state index contributed by atoms with van der Waals surface area (Å²) in [6, 6.07) is 4.70. The molecule has 0 aliphatic carbocycles. The number of benzene rings is 1. The van der Waals surface area contributed by atoms with Crippen LogP contribution in [0.2, 0.25) is 5.02 Å². The molecule has 0 spiro atoms. The van der Waals surface area contributed by atoms with Crippen LogP contribution in [0.3, 0.4) is 0 Å². The van der Waals surface area contributed by atoms with Gasteiger partial charge in [0.05, 0.1) is 24.9 Å². The molecule has 0 bridgehead atoms. The SMILES string of the molecule is CCOC(=O)n1c(C(=O)OC)c(NC(C)=O)c2ccc(Cl)cc21. The van der Waals surface area contributed by atoms with Gasteiger partial charge in [-0.15, -0.1) is 0 Å². The molecule has 0 saturated carbocycles. The highest BCUT2D eigenvalue weighted by molar-refractivity contribution is 6.31. The van der Waals surface area contributed by atoms with Gasteiger partial charge in [0.25, 0.3) is 0 Å². The molecule has 8 heteroatoms. The van der Waals surface area contributed by atoms with Gasteiger partial charge in [0.1, 0.15) is 0 Å². The highest BCUT2D eigenvalue weighted by atomic mass is 35.5. The Balaban J connectivity index is 2.87. The molecule has 1 heterocycles. The van der Waals surface area contributed by atoms with E-state index in [2.05, 4.69) is 5.32 Å². The number of carbonyl (C=O) groups is 3. The Morgan fingerprint density at radius 1 is 1.30 bits per heavy atom. The number of amides is 1. The molecule has 2 rings (SSSR count). The molecule has 0 atom stereocenters. The van der Waals surface area contributed by atoms with Crippen LogP contribution in [0.1, 0.15) is 24.3 Å². The van der Waals surface area contributed by atoms with Crippen LogP contribution in [-0.4, -0.2) is 36.3 Å². The van der Waals surface area contributed by atoms with E-state index in [9.17, 15) is 14.4 Å². The van der Waals surface area contributed by atoms with Gasteiger partial charge in [0, 0.05) is 17.3 Å². The van der Waals surface area contributed by atoms with Crippen LogP contribution in [0.4, 0.5) is 10.5 Å². The summed E-state index contributed by atoms with van der Waals surface area (Å²) in [7, 11) is 1.18. The minimum Gasteiger partial charge on any atom is -0.464 e. The zero-order valence-electron chi connectivity index (χ0n) is 12.8. The third kappa shape index (κ3) is 3.14. The Kier molecular flexibility index (Phi) is 4.90. The number of hydrogen-bond donors (Lipinski definition) is 1. The van der Waals surface area contributed by atoms with Crippen molar-refractivity contribution in [3.8, 4) is 0 Å². The lowest BCUT2D eigenvalue weighted by atomic mass is 10.2. The molecule has 1 N–H and O–H groups in total. The number of carbonyl (C=O) groups excluding carboxylic acids is 3. The number of esters is 1. The lowest BCUT2D eigenvalue weighted by molar-refractivity contribution is -0.114. The maximum absolute atomic E-state index is 12.3. The summed E-state index contributed by atoms with van der Waals surface area (Å²) < 4.78 is 10.8. The molecule has 7 nitrogen and oxygen atoms in total. The van der Waals surface area contributed by atoms with Crippen molar-refractivity contribution in [3.05, 3.63) is 28.9 Å². The molecule has 1 aromatic heterocycles. The monoisotopic (exact) mass is 338 g/mol. The van der Waals surface area contributed by atoms with Crippen LogP contribution in [-0.2, 0) is 14.3 Å². The van der Waals surface area contributed by atoms with Crippen molar-refractivity contribution in [2.24, 2.45) is 0 Å². The molecule has 0 saturated heterocycles. The van der Waals surface area contributed by atoms with Crippen LogP contribution in [0.5, 0.6) is 0 Å². The van der Waals surface area contributed by atoms with Crippen molar-refractivity contribution in [1.29, 1.82) is 0 Å². The van der Waals surface area contributed by atoms with Crippen LogP contribution in [0.25, 0.3) is 10.9 Å². The van der Waals surface area contributed by atoms with Crippen LogP contribution in [0.15, 0.2) is 18.2 Å². The molecule has 0 radical (unpaired) electrons. The molecule has 1 aromatic carbocycles. The molecule has 2 aromatic rings. The fourth-order valence-electron chi connectivity index (χ4n) is 2.23. The van der Waals surface area contributed by atoms with Gasteiger partial charge < -0.3 is 14.8 Å². The van der Waals surface area contributed by atoms with E-state index in [0.29, 0.717) is 15.9 Å². The Bertz CT molecular complexity index is 797. The molecule has 1 amide bonds. The minimum atomic E-state index is -0.783. The number of hydrogen-bond acceptors (Lipinski definition) is 5. The lowest BCUT2D eigenvalue weighted by Gasteiger charge is -2.09. The van der Waals surface area contributed by atoms with Crippen LogP contribution < -0.4 is 5.32 Å². The maximum atomic E-state index is 12.3. The van der Waals surface area contributed by atoms with E-state index in [-0.39, 0.29) is 18.0 Å². The van der Waals surface area contributed by atoms with Gasteiger partial charge in [-0.1, -0.05) is 11.6 Å². The Morgan fingerprint density at radius 2 is 2.00 bits per heavy atom. The van der Waals surface area contributed by atoms with Gasteiger partial charge >= 0.3 is 12.1 Å². The van der Waals surface area contributed by atoms with Gasteiger partial charge in [-0.3, -0.25) is 4.79 Å². The number of anilines is 1. The first-order valence-electron chi connectivity index (χ1n) is 6.77. The number of halogens is 1. The van der Waals surface area contributed by atoms with Gasteiger partial charge in [-0.25, -0.2) is 14.2 Å². The first kappa shape index (κ1) is 16.8. The van der Waals surface area contributed by atoms with Crippen molar-refractivity contribution in [1.82, 2.24) is 4.57 Å². The van der Waals surface area contributed by atoms with Gasteiger partial charge in [0.2, 0.25) is 5.91 Å². The zero-order valence-corrected chi connectivity index (χ0v) is 13.6. The summed E-state index contributed by atoms with van der Waals surface area (Å²) in [5.74, 6) is -1.18. The van der Waals surface area contributed by atoms with E-state index < -0.39 is 18.0 Å². The summed E-state index contributed by atoms with van der Waals surface area (Å²) in [5.41, 5.74) is 0.377. The first-order chi connectivity index (χ1) is 10.9. The first-order valence-corrected chi connectivity index (χ1v) is 7.15. The van der Waals surface area contributed by atoms with E-state index in [1.165, 1.54) is 20.1 Å². The Labute approximate surface area is 137 Å². The van der Waals surface area contributed by atoms with Gasteiger partial charge in [-0.05, 0) is 25.1 Å². The van der Waals surface area contributed by atoms with Crippen molar-refractivity contribution in [3.63, 3.8) is 0 Å². The summed E-state index contributed by atoms with van der Waals surface area (Å²) in [4.78, 5) is 35.9. The fourth-order valence-corrected chi connectivity index (χ4v) is 2.40. The standard InChI is InChI=1S/C15H15ClN2O5/c1-4-23-15(21)18-11-7-9(16)5-6-10(11)12(17-8(2)19)13(18)14(20)22-3/h5-7H,4H2,1-3H3,(H,17,19). The molecular formula is C15H15ClN2O5. The minimum absolute atomic E-state index is 0.120. The van der Waals surface area contributed by atoms with Gasteiger partial charge in [0.15, 0.2) is 5.69 Å². The normalized spacial score (nSPS) is 10.4. The number of rotatable bonds is 3. The fraction of sp³-hybridized carbons (Fsp3) is 0.267. The third-order valence-electron chi connectivity index (χ3n) is 3.06. The predicted octanol–water partition coefficient (Wildman–Crippen LogP) is 3.04. The average Bonchev–Trinajstić information content (AvgIpc) is 2.79. The van der Waals surface area contributed by atoms with E-state index in [1.54, 1.807) is 19.1 Å². The lowest BCUT2D eigenvalue weighted by Crippen LogP contribution is -2.21. The molecule has 23 heavy (non-hydrogen) atoms. The molecule has 0 aliphatic rings. The summed E-state index contributed by atoms with van der Waals surface area (Å²) in [6.45, 7) is 3.06. The summed E-state index contributed by atoms with van der Waals surface area (Å²) in [6.07, 6.45) is -0.767. The molecular weight excluding hydrogens is 324 g/mol. The van der Waals surface area contributed by atoms with E-state index in [0.717, 1.165) is 4.57 Å². The highest BCUT2D eigenvalue weighted by Crippen LogP contribution is 2.33.